The lowest BCUT2D eigenvalue weighted by atomic mass is 10.1. The van der Waals surface area contributed by atoms with Gasteiger partial charge in [0.25, 0.3) is 0 Å². The van der Waals surface area contributed by atoms with Gasteiger partial charge in [0.1, 0.15) is 5.75 Å². The zero-order chi connectivity index (χ0) is 9.84. The molecule has 0 aliphatic carbocycles. The Morgan fingerprint density at radius 2 is 2.15 bits per heavy atom. The second-order valence-corrected chi connectivity index (χ2v) is 3.95. The largest absolute Gasteiger partial charge is 0.508 e. The molecule has 0 amide bonds. The van der Waals surface area contributed by atoms with Crippen molar-refractivity contribution >= 4 is 15.9 Å². The third-order valence-electron chi connectivity index (χ3n) is 1.94. The van der Waals surface area contributed by atoms with Gasteiger partial charge >= 0.3 is 0 Å². The zero-order valence-electron chi connectivity index (χ0n) is 7.89. The normalized spacial score (nSPS) is 10.4. The van der Waals surface area contributed by atoms with Crippen molar-refractivity contribution in [1.82, 2.24) is 5.32 Å². The van der Waals surface area contributed by atoms with E-state index >= 15 is 0 Å². The second-order valence-electron chi connectivity index (χ2n) is 3.10. The summed E-state index contributed by atoms with van der Waals surface area (Å²) in [4.78, 5) is 0. The molecule has 0 spiro atoms. The zero-order valence-corrected chi connectivity index (χ0v) is 9.48. The number of phenols is 1. The number of aryl methyl sites for hydroxylation is 1. The molecule has 0 aliphatic rings. The first-order valence-corrected chi connectivity index (χ1v) is 5.07. The van der Waals surface area contributed by atoms with Gasteiger partial charge in [-0.3, -0.25) is 0 Å². The third kappa shape index (κ3) is 2.71. The maximum Gasteiger partial charge on any atom is 0.120 e. The lowest BCUT2D eigenvalue weighted by molar-refractivity contribution is 0.466. The van der Waals surface area contributed by atoms with Crippen LogP contribution in [0.2, 0.25) is 0 Å². The Hall–Kier alpha value is -0.540. The monoisotopic (exact) mass is 243 g/mol. The van der Waals surface area contributed by atoms with Crippen molar-refractivity contribution in [3.8, 4) is 5.75 Å². The molecular weight excluding hydrogens is 230 g/mol. The summed E-state index contributed by atoms with van der Waals surface area (Å²) in [5.74, 6) is 0.377. The average Bonchev–Trinajstić information content (AvgIpc) is 2.02. The van der Waals surface area contributed by atoms with Crippen LogP contribution in [0.5, 0.6) is 5.75 Å². The van der Waals surface area contributed by atoms with Crippen molar-refractivity contribution in [3.05, 3.63) is 27.7 Å². The van der Waals surface area contributed by atoms with Gasteiger partial charge in [-0.25, -0.2) is 0 Å². The van der Waals surface area contributed by atoms with Gasteiger partial charge < -0.3 is 10.4 Å². The number of halogens is 1. The van der Waals surface area contributed by atoms with Crippen molar-refractivity contribution in [2.75, 3.05) is 13.6 Å². The van der Waals surface area contributed by atoms with Crippen LogP contribution in [0.1, 0.15) is 11.1 Å². The van der Waals surface area contributed by atoms with Crippen molar-refractivity contribution in [2.24, 2.45) is 0 Å². The SMILES string of the molecule is CNCCc1c(O)cc(C)cc1Br. The molecule has 3 heteroatoms. The molecule has 0 aromatic heterocycles. The Balaban J connectivity index is 2.92. The minimum Gasteiger partial charge on any atom is -0.508 e. The van der Waals surface area contributed by atoms with E-state index in [0.717, 1.165) is 28.6 Å². The lowest BCUT2D eigenvalue weighted by Gasteiger charge is -2.08. The Kier molecular flexibility index (Phi) is 3.75. The van der Waals surface area contributed by atoms with Crippen LogP contribution in [0.4, 0.5) is 0 Å². The topological polar surface area (TPSA) is 32.3 Å². The lowest BCUT2D eigenvalue weighted by Crippen LogP contribution is -2.10. The van der Waals surface area contributed by atoms with Crippen molar-refractivity contribution in [1.29, 1.82) is 0 Å². The Morgan fingerprint density at radius 1 is 1.46 bits per heavy atom. The second kappa shape index (κ2) is 4.63. The number of hydrogen-bond donors (Lipinski definition) is 2. The van der Waals surface area contributed by atoms with Gasteiger partial charge in [-0.15, -0.1) is 0 Å². The Bertz CT molecular complexity index is 276. The predicted molar refractivity (Wildman–Crippen MR) is 58.2 cm³/mol. The summed E-state index contributed by atoms with van der Waals surface area (Å²) in [6, 6.07) is 3.81. The molecule has 0 atom stereocenters. The number of phenolic OH excluding ortho intramolecular Hbond substituents is 1. The smallest absolute Gasteiger partial charge is 0.120 e. The third-order valence-corrected chi connectivity index (χ3v) is 2.65. The van der Waals surface area contributed by atoms with Crippen molar-refractivity contribution in [3.63, 3.8) is 0 Å². The molecule has 1 aromatic rings. The number of nitrogens with one attached hydrogen (secondary N) is 1. The molecular formula is C10H14BrNO. The summed E-state index contributed by atoms with van der Waals surface area (Å²) in [5, 5.41) is 12.7. The molecule has 0 saturated carbocycles. The first-order valence-electron chi connectivity index (χ1n) is 4.27. The Morgan fingerprint density at radius 3 is 2.69 bits per heavy atom. The molecule has 0 bridgehead atoms. The average molecular weight is 244 g/mol. The number of likely N-dealkylation sites (N-methyl/N-ethyl adjacent to an activating group) is 1. The van der Waals surface area contributed by atoms with Crippen LogP contribution in [0, 0.1) is 6.92 Å². The fourth-order valence-electron chi connectivity index (χ4n) is 1.25. The standard InChI is InChI=1S/C10H14BrNO/c1-7-5-9(11)8(3-4-12-2)10(13)6-7/h5-6,12-13H,3-4H2,1-2H3. The summed E-state index contributed by atoms with van der Waals surface area (Å²) in [5.41, 5.74) is 2.04. The molecule has 0 aliphatic heterocycles. The van der Waals surface area contributed by atoms with Gasteiger partial charge in [0.05, 0.1) is 0 Å². The molecule has 2 N–H and O–H groups in total. The molecule has 13 heavy (non-hydrogen) atoms. The van der Waals surface area contributed by atoms with Crippen LogP contribution < -0.4 is 5.32 Å². The van der Waals surface area contributed by atoms with Gasteiger partial charge in [0.2, 0.25) is 0 Å². The van der Waals surface area contributed by atoms with Gasteiger partial charge in [0, 0.05) is 10.0 Å². The first-order chi connectivity index (χ1) is 6.15. The highest BCUT2D eigenvalue weighted by molar-refractivity contribution is 9.10. The number of aromatic hydroxyl groups is 1. The Labute approximate surface area is 87.1 Å². The van der Waals surface area contributed by atoms with E-state index in [9.17, 15) is 5.11 Å². The minimum absolute atomic E-state index is 0.377. The van der Waals surface area contributed by atoms with Gasteiger partial charge in [0.15, 0.2) is 0 Å². The summed E-state index contributed by atoms with van der Waals surface area (Å²) in [7, 11) is 1.90. The van der Waals surface area contributed by atoms with Crippen LogP contribution >= 0.6 is 15.9 Å². The summed E-state index contributed by atoms with van der Waals surface area (Å²) in [6.07, 6.45) is 0.837. The van der Waals surface area contributed by atoms with E-state index in [1.807, 2.05) is 20.0 Å². The summed E-state index contributed by atoms with van der Waals surface area (Å²) >= 11 is 3.44. The van der Waals surface area contributed by atoms with Crippen LogP contribution in [0.3, 0.4) is 0 Å². The van der Waals surface area contributed by atoms with E-state index in [0.29, 0.717) is 5.75 Å². The van der Waals surface area contributed by atoms with Gasteiger partial charge in [-0.1, -0.05) is 15.9 Å². The number of hydrogen-bond acceptors (Lipinski definition) is 2. The molecule has 0 saturated heterocycles. The highest BCUT2D eigenvalue weighted by atomic mass is 79.9. The van der Waals surface area contributed by atoms with Crippen LogP contribution in [0.15, 0.2) is 16.6 Å². The molecule has 2 nitrogen and oxygen atoms in total. The van der Waals surface area contributed by atoms with E-state index in [1.54, 1.807) is 6.07 Å². The van der Waals surface area contributed by atoms with E-state index in [2.05, 4.69) is 21.2 Å². The van der Waals surface area contributed by atoms with E-state index in [1.165, 1.54) is 0 Å². The van der Waals surface area contributed by atoms with Crippen molar-refractivity contribution in [2.45, 2.75) is 13.3 Å². The molecule has 72 valence electrons. The quantitative estimate of drug-likeness (QED) is 0.854. The van der Waals surface area contributed by atoms with E-state index in [4.69, 9.17) is 0 Å². The molecule has 0 radical (unpaired) electrons. The molecule has 0 unspecified atom stereocenters. The van der Waals surface area contributed by atoms with E-state index < -0.39 is 0 Å². The maximum atomic E-state index is 9.64. The fraction of sp³-hybridized carbons (Fsp3) is 0.400. The maximum absolute atomic E-state index is 9.64. The first kappa shape index (κ1) is 10.5. The number of benzene rings is 1. The van der Waals surface area contributed by atoms with Gasteiger partial charge in [-0.05, 0) is 44.6 Å². The van der Waals surface area contributed by atoms with Crippen LogP contribution in [0.25, 0.3) is 0 Å². The summed E-state index contributed by atoms with van der Waals surface area (Å²) < 4.78 is 0.986. The molecule has 0 heterocycles. The highest BCUT2D eigenvalue weighted by Crippen LogP contribution is 2.27. The predicted octanol–water partition coefficient (Wildman–Crippen LogP) is 2.23. The van der Waals surface area contributed by atoms with E-state index in [-0.39, 0.29) is 0 Å². The molecule has 1 aromatic carbocycles. The van der Waals surface area contributed by atoms with Crippen LogP contribution in [-0.4, -0.2) is 18.7 Å². The highest BCUT2D eigenvalue weighted by Gasteiger charge is 2.05. The number of rotatable bonds is 3. The summed E-state index contributed by atoms with van der Waals surface area (Å²) in [6.45, 7) is 2.83. The van der Waals surface area contributed by atoms with Crippen LogP contribution in [-0.2, 0) is 6.42 Å². The fourth-order valence-corrected chi connectivity index (χ4v) is 2.01. The minimum atomic E-state index is 0.377. The van der Waals surface area contributed by atoms with Crippen molar-refractivity contribution < 1.29 is 5.11 Å². The molecule has 1 rings (SSSR count). The van der Waals surface area contributed by atoms with Gasteiger partial charge in [-0.2, -0.15) is 0 Å². The molecule has 0 fully saturated rings.